The first kappa shape index (κ1) is 14.6. The number of hydrogen-bond donors (Lipinski definition) is 0. The van der Waals surface area contributed by atoms with E-state index in [1.165, 1.54) is 11.9 Å². The zero-order chi connectivity index (χ0) is 15.4. The van der Waals surface area contributed by atoms with Gasteiger partial charge in [-0.15, -0.1) is 0 Å². The van der Waals surface area contributed by atoms with E-state index in [1.807, 2.05) is 48.5 Å². The molecular weight excluding hydrogens is 300 g/mol. The van der Waals surface area contributed by atoms with Crippen LogP contribution in [0.3, 0.4) is 0 Å². The molecule has 22 heavy (non-hydrogen) atoms. The molecule has 0 bridgehead atoms. The molecule has 1 heterocycles. The van der Waals surface area contributed by atoms with Gasteiger partial charge in [0.25, 0.3) is 5.89 Å². The number of hydrogen-bond acceptors (Lipinski definition) is 4. The summed E-state index contributed by atoms with van der Waals surface area (Å²) < 4.78 is 11.2. The van der Waals surface area contributed by atoms with Gasteiger partial charge >= 0.3 is 0 Å². The summed E-state index contributed by atoms with van der Waals surface area (Å²) in [6, 6.07) is 15.4. The highest BCUT2D eigenvalue weighted by molar-refractivity contribution is 6.30. The lowest BCUT2D eigenvalue weighted by Gasteiger charge is -2.16. The highest BCUT2D eigenvalue weighted by Crippen LogP contribution is 2.28. The molecule has 4 nitrogen and oxygen atoms in total. The van der Waals surface area contributed by atoms with E-state index in [4.69, 9.17) is 20.9 Å². The normalized spacial score (nSPS) is 12.1. The Morgan fingerprint density at radius 3 is 2.64 bits per heavy atom. The molecular formula is C17H15ClN2O2. The minimum Gasteiger partial charge on any atom is -0.476 e. The average molecular weight is 315 g/mol. The van der Waals surface area contributed by atoms with Gasteiger partial charge in [0.1, 0.15) is 5.75 Å². The molecule has 2 aromatic carbocycles. The summed E-state index contributed by atoms with van der Waals surface area (Å²) in [6.45, 7) is 2.11. The lowest BCUT2D eigenvalue weighted by atomic mass is 10.1. The van der Waals surface area contributed by atoms with Gasteiger partial charge in [0.15, 0.2) is 6.33 Å². The molecule has 0 N–H and O–H groups in total. The maximum atomic E-state index is 6.07. The van der Waals surface area contributed by atoms with Crippen LogP contribution in [0.15, 0.2) is 59.4 Å². The first-order chi connectivity index (χ1) is 10.8. The zero-order valence-corrected chi connectivity index (χ0v) is 12.8. The van der Waals surface area contributed by atoms with Crippen LogP contribution in [0.25, 0.3) is 0 Å². The molecule has 0 fully saturated rings. The predicted molar refractivity (Wildman–Crippen MR) is 84.0 cm³/mol. The van der Waals surface area contributed by atoms with Crippen molar-refractivity contribution >= 4 is 11.6 Å². The topological polar surface area (TPSA) is 48.2 Å². The Morgan fingerprint density at radius 2 is 2.00 bits per heavy atom. The molecule has 0 aliphatic carbocycles. The molecule has 0 saturated heterocycles. The molecule has 1 aromatic heterocycles. The molecule has 5 heteroatoms. The van der Waals surface area contributed by atoms with Gasteiger partial charge in [0.05, 0.1) is 0 Å². The number of aromatic nitrogens is 2. The third kappa shape index (κ3) is 3.28. The minimum absolute atomic E-state index is 0.391. The van der Waals surface area contributed by atoms with Crippen molar-refractivity contribution < 1.29 is 9.26 Å². The molecule has 0 radical (unpaired) electrons. The van der Waals surface area contributed by atoms with Gasteiger partial charge in [-0.05, 0) is 36.2 Å². The van der Waals surface area contributed by atoms with E-state index in [0.29, 0.717) is 10.9 Å². The van der Waals surface area contributed by atoms with Gasteiger partial charge in [-0.3, -0.25) is 0 Å². The smallest absolute Gasteiger partial charge is 0.272 e. The van der Waals surface area contributed by atoms with Gasteiger partial charge in [-0.1, -0.05) is 47.9 Å². The van der Waals surface area contributed by atoms with Crippen LogP contribution in [0.2, 0.25) is 5.02 Å². The van der Waals surface area contributed by atoms with E-state index in [9.17, 15) is 0 Å². The van der Waals surface area contributed by atoms with Crippen molar-refractivity contribution in [3.05, 3.63) is 76.9 Å². The average Bonchev–Trinajstić information content (AvgIpc) is 3.07. The number of aryl methyl sites for hydroxylation is 1. The fraction of sp³-hybridized carbons (Fsp3) is 0.176. The van der Waals surface area contributed by atoms with Crippen LogP contribution in [-0.2, 0) is 6.42 Å². The summed E-state index contributed by atoms with van der Waals surface area (Å²) >= 11 is 6.07. The van der Waals surface area contributed by atoms with Crippen LogP contribution in [-0.4, -0.2) is 10.1 Å². The summed E-state index contributed by atoms with van der Waals surface area (Å²) in [5.41, 5.74) is 2.11. The van der Waals surface area contributed by atoms with E-state index in [0.717, 1.165) is 17.7 Å². The summed E-state index contributed by atoms with van der Waals surface area (Å²) in [4.78, 5) is 4.11. The van der Waals surface area contributed by atoms with Crippen molar-refractivity contribution in [2.45, 2.75) is 19.4 Å². The Labute approximate surface area is 133 Å². The largest absolute Gasteiger partial charge is 0.476 e. The zero-order valence-electron chi connectivity index (χ0n) is 12.1. The Balaban J connectivity index is 1.92. The molecule has 3 aromatic rings. The van der Waals surface area contributed by atoms with Crippen molar-refractivity contribution in [3.63, 3.8) is 0 Å². The van der Waals surface area contributed by atoms with Crippen molar-refractivity contribution in [1.82, 2.24) is 10.1 Å². The first-order valence-corrected chi connectivity index (χ1v) is 7.41. The molecule has 1 unspecified atom stereocenters. The standard InChI is InChI=1S/C17H15ClN2O2/c1-2-12-6-8-15(9-7-12)21-16(17-19-11-20-22-17)13-4-3-5-14(18)10-13/h3-11,16H,2H2,1H3. The van der Waals surface area contributed by atoms with E-state index in [2.05, 4.69) is 17.1 Å². The third-order valence-corrected chi connectivity index (χ3v) is 3.57. The van der Waals surface area contributed by atoms with Gasteiger partial charge in [-0.25, -0.2) is 0 Å². The van der Waals surface area contributed by atoms with E-state index in [-0.39, 0.29) is 0 Å². The predicted octanol–water partition coefficient (Wildman–Crippen LogP) is 4.45. The van der Waals surface area contributed by atoms with Gasteiger partial charge in [0.2, 0.25) is 6.10 Å². The highest BCUT2D eigenvalue weighted by Gasteiger charge is 2.22. The summed E-state index contributed by atoms with van der Waals surface area (Å²) in [5, 5.41) is 4.29. The fourth-order valence-electron chi connectivity index (χ4n) is 2.17. The quantitative estimate of drug-likeness (QED) is 0.698. The van der Waals surface area contributed by atoms with Crippen molar-refractivity contribution in [2.24, 2.45) is 0 Å². The van der Waals surface area contributed by atoms with Crippen LogP contribution < -0.4 is 4.74 Å². The molecule has 0 spiro atoms. The molecule has 0 saturated carbocycles. The second kappa shape index (κ2) is 6.62. The van der Waals surface area contributed by atoms with Gasteiger partial charge in [-0.2, -0.15) is 4.98 Å². The molecule has 1 atom stereocenters. The van der Waals surface area contributed by atoms with Crippen LogP contribution in [0, 0.1) is 0 Å². The SMILES string of the molecule is CCc1ccc(OC(c2cccc(Cl)c2)c2ncno2)cc1. The van der Waals surface area contributed by atoms with Gasteiger partial charge < -0.3 is 9.26 Å². The molecule has 0 aliphatic heterocycles. The van der Waals surface area contributed by atoms with Crippen molar-refractivity contribution in [2.75, 3.05) is 0 Å². The second-order valence-electron chi connectivity index (χ2n) is 4.83. The minimum atomic E-state index is -0.492. The molecule has 0 aliphatic rings. The number of halogens is 1. The Kier molecular flexibility index (Phi) is 4.39. The molecule has 0 amide bonds. The van der Waals surface area contributed by atoms with Crippen LogP contribution >= 0.6 is 11.6 Å². The lowest BCUT2D eigenvalue weighted by molar-refractivity contribution is 0.193. The highest BCUT2D eigenvalue weighted by atomic mass is 35.5. The van der Waals surface area contributed by atoms with Crippen LogP contribution in [0.4, 0.5) is 0 Å². The van der Waals surface area contributed by atoms with E-state index >= 15 is 0 Å². The third-order valence-electron chi connectivity index (χ3n) is 3.34. The molecule has 112 valence electrons. The van der Waals surface area contributed by atoms with Crippen molar-refractivity contribution in [3.8, 4) is 5.75 Å². The summed E-state index contributed by atoms with van der Waals surface area (Å²) in [6.07, 6.45) is 1.85. The maximum Gasteiger partial charge on any atom is 0.272 e. The fourth-order valence-corrected chi connectivity index (χ4v) is 2.37. The molecule has 3 rings (SSSR count). The van der Waals surface area contributed by atoms with Gasteiger partial charge in [0, 0.05) is 10.6 Å². The Bertz CT molecular complexity index is 727. The number of rotatable bonds is 5. The van der Waals surface area contributed by atoms with Crippen molar-refractivity contribution in [1.29, 1.82) is 0 Å². The Morgan fingerprint density at radius 1 is 1.18 bits per heavy atom. The number of ether oxygens (including phenoxy) is 1. The number of benzene rings is 2. The second-order valence-corrected chi connectivity index (χ2v) is 5.27. The van der Waals surface area contributed by atoms with Crippen LogP contribution in [0.1, 0.15) is 30.0 Å². The lowest BCUT2D eigenvalue weighted by Crippen LogP contribution is -2.10. The number of nitrogens with zero attached hydrogens (tertiary/aromatic N) is 2. The summed E-state index contributed by atoms with van der Waals surface area (Å²) in [5.74, 6) is 1.13. The first-order valence-electron chi connectivity index (χ1n) is 7.04. The Hall–Kier alpha value is -2.33. The summed E-state index contributed by atoms with van der Waals surface area (Å²) in [7, 11) is 0. The van der Waals surface area contributed by atoms with E-state index in [1.54, 1.807) is 0 Å². The monoisotopic (exact) mass is 314 g/mol. The van der Waals surface area contributed by atoms with Crippen LogP contribution in [0.5, 0.6) is 5.75 Å². The maximum absolute atomic E-state index is 6.07. The van der Waals surface area contributed by atoms with E-state index < -0.39 is 6.10 Å².